The Bertz CT molecular complexity index is 229. The molecule has 19 heavy (non-hydrogen) atoms. The predicted molar refractivity (Wildman–Crippen MR) is 70.8 cm³/mol. The summed E-state index contributed by atoms with van der Waals surface area (Å²) in [6.45, 7) is 8.88. The first kappa shape index (κ1) is 20.2. The Morgan fingerprint density at radius 2 is 1.79 bits per heavy atom. The molecule has 0 aromatic carbocycles. The summed E-state index contributed by atoms with van der Waals surface area (Å²) in [7, 11) is 1.57. The zero-order valence-electron chi connectivity index (χ0n) is 12.6. The maximum absolute atomic E-state index is 10.6. The van der Waals surface area contributed by atoms with Crippen LogP contribution in [0.3, 0.4) is 0 Å². The smallest absolute Gasteiger partial charge is 0.308 e. The lowest BCUT2D eigenvalue weighted by Gasteiger charge is -2.08. The molecule has 114 valence electrons. The molecule has 0 aliphatic heterocycles. The van der Waals surface area contributed by atoms with Gasteiger partial charge < -0.3 is 18.9 Å². The standard InChI is InChI=1S/C7H14O3.C6H12O3/c1-3-9-6-5-7(8)10-4-2;1-5(4-8-3)9-6(2)7/h3-6H2,1-2H3;5H,4H2,1-3H3. The Morgan fingerprint density at radius 3 is 2.21 bits per heavy atom. The zero-order chi connectivity index (χ0) is 15.1. The Labute approximate surface area is 115 Å². The molecule has 0 spiro atoms. The van der Waals surface area contributed by atoms with Crippen LogP contribution in [0, 0.1) is 0 Å². The number of carbonyl (C=O) groups excluding carboxylic acids is 2. The number of methoxy groups -OCH3 is 1. The average molecular weight is 278 g/mol. The molecule has 0 amide bonds. The van der Waals surface area contributed by atoms with Gasteiger partial charge in [-0.3, -0.25) is 9.59 Å². The molecule has 0 aliphatic carbocycles. The summed E-state index contributed by atoms with van der Waals surface area (Å²) < 4.78 is 19.1. The topological polar surface area (TPSA) is 71.1 Å². The molecule has 0 aromatic heterocycles. The highest BCUT2D eigenvalue weighted by Gasteiger charge is 2.02. The Balaban J connectivity index is 0. The van der Waals surface area contributed by atoms with Crippen LogP contribution in [0.25, 0.3) is 0 Å². The summed E-state index contributed by atoms with van der Waals surface area (Å²) in [5.74, 6) is -0.449. The fraction of sp³-hybridized carbons (Fsp3) is 0.846. The molecule has 6 heteroatoms. The molecule has 0 aliphatic rings. The second-order valence-corrected chi connectivity index (χ2v) is 3.63. The molecule has 0 fully saturated rings. The first-order valence-electron chi connectivity index (χ1n) is 6.37. The lowest BCUT2D eigenvalue weighted by atomic mass is 10.4. The number of carbonyl (C=O) groups is 2. The minimum Gasteiger partial charge on any atom is -0.466 e. The lowest BCUT2D eigenvalue weighted by Crippen LogP contribution is -2.17. The van der Waals surface area contributed by atoms with Crippen LogP contribution in [-0.4, -0.2) is 51.6 Å². The molecule has 0 aromatic rings. The van der Waals surface area contributed by atoms with Crippen LogP contribution in [0.5, 0.6) is 0 Å². The summed E-state index contributed by atoms with van der Waals surface area (Å²) >= 11 is 0. The molecule has 0 N–H and O–H groups in total. The highest BCUT2D eigenvalue weighted by atomic mass is 16.6. The van der Waals surface area contributed by atoms with Crippen molar-refractivity contribution in [3.8, 4) is 0 Å². The number of rotatable bonds is 8. The summed E-state index contributed by atoms with van der Waals surface area (Å²) in [6, 6.07) is 0. The number of hydrogen-bond acceptors (Lipinski definition) is 6. The van der Waals surface area contributed by atoms with E-state index in [1.165, 1.54) is 6.92 Å². The van der Waals surface area contributed by atoms with Gasteiger partial charge in [0.15, 0.2) is 0 Å². The largest absolute Gasteiger partial charge is 0.466 e. The lowest BCUT2D eigenvalue weighted by molar-refractivity contribution is -0.147. The highest BCUT2D eigenvalue weighted by molar-refractivity contribution is 5.69. The Hall–Kier alpha value is -1.14. The van der Waals surface area contributed by atoms with Gasteiger partial charge in [-0.15, -0.1) is 0 Å². The number of ether oxygens (including phenoxy) is 4. The minimum absolute atomic E-state index is 0.132. The van der Waals surface area contributed by atoms with E-state index in [1.807, 2.05) is 6.92 Å². The third-order valence-electron chi connectivity index (χ3n) is 1.73. The van der Waals surface area contributed by atoms with E-state index in [4.69, 9.17) is 14.2 Å². The van der Waals surface area contributed by atoms with Crippen LogP contribution in [0.4, 0.5) is 0 Å². The monoisotopic (exact) mass is 278 g/mol. The van der Waals surface area contributed by atoms with Crippen molar-refractivity contribution in [2.45, 2.75) is 40.2 Å². The van der Waals surface area contributed by atoms with E-state index in [2.05, 4.69) is 4.74 Å². The molecule has 0 rings (SSSR count). The van der Waals surface area contributed by atoms with Crippen molar-refractivity contribution in [3.05, 3.63) is 0 Å². The van der Waals surface area contributed by atoms with Crippen molar-refractivity contribution >= 4 is 11.9 Å². The van der Waals surface area contributed by atoms with Gasteiger partial charge in [0.1, 0.15) is 6.10 Å². The fourth-order valence-corrected chi connectivity index (χ4v) is 1.09. The van der Waals surface area contributed by atoms with Crippen molar-refractivity contribution in [3.63, 3.8) is 0 Å². The van der Waals surface area contributed by atoms with E-state index in [9.17, 15) is 9.59 Å². The molecule has 0 saturated heterocycles. The summed E-state index contributed by atoms with van der Waals surface area (Å²) in [4.78, 5) is 20.9. The van der Waals surface area contributed by atoms with E-state index >= 15 is 0 Å². The van der Waals surface area contributed by atoms with Gasteiger partial charge in [-0.05, 0) is 20.8 Å². The molecular weight excluding hydrogens is 252 g/mol. The van der Waals surface area contributed by atoms with Gasteiger partial charge in [0.2, 0.25) is 0 Å². The predicted octanol–water partition coefficient (Wildman–Crippen LogP) is 1.56. The first-order chi connectivity index (χ1) is 8.97. The van der Waals surface area contributed by atoms with Crippen LogP contribution >= 0.6 is 0 Å². The van der Waals surface area contributed by atoms with E-state index in [0.29, 0.717) is 32.8 Å². The van der Waals surface area contributed by atoms with Crippen LogP contribution in [0.2, 0.25) is 0 Å². The summed E-state index contributed by atoms with van der Waals surface area (Å²) in [5, 5.41) is 0. The van der Waals surface area contributed by atoms with E-state index in [0.717, 1.165) is 0 Å². The molecule has 1 unspecified atom stereocenters. The molecule has 0 saturated carbocycles. The highest BCUT2D eigenvalue weighted by Crippen LogP contribution is 1.90. The van der Waals surface area contributed by atoms with Gasteiger partial charge in [0, 0.05) is 20.6 Å². The second kappa shape index (κ2) is 14.9. The minimum atomic E-state index is -0.264. The van der Waals surface area contributed by atoms with Crippen molar-refractivity contribution in [2.75, 3.05) is 33.5 Å². The van der Waals surface area contributed by atoms with Crippen LogP contribution in [-0.2, 0) is 28.5 Å². The number of esters is 2. The van der Waals surface area contributed by atoms with Crippen LogP contribution in [0.1, 0.15) is 34.1 Å². The van der Waals surface area contributed by atoms with E-state index < -0.39 is 0 Å². The fourth-order valence-electron chi connectivity index (χ4n) is 1.09. The average Bonchev–Trinajstić information content (AvgIpc) is 2.30. The summed E-state index contributed by atoms with van der Waals surface area (Å²) in [6.07, 6.45) is 0.231. The van der Waals surface area contributed by atoms with E-state index in [-0.39, 0.29) is 18.0 Å². The molecular formula is C13H26O6. The van der Waals surface area contributed by atoms with Gasteiger partial charge in [-0.1, -0.05) is 0 Å². The van der Waals surface area contributed by atoms with Crippen molar-refractivity contribution in [1.82, 2.24) is 0 Å². The second-order valence-electron chi connectivity index (χ2n) is 3.63. The van der Waals surface area contributed by atoms with Crippen molar-refractivity contribution in [1.29, 1.82) is 0 Å². The number of hydrogen-bond donors (Lipinski definition) is 0. The maximum atomic E-state index is 10.6. The van der Waals surface area contributed by atoms with Crippen molar-refractivity contribution in [2.24, 2.45) is 0 Å². The quantitative estimate of drug-likeness (QED) is 0.495. The maximum Gasteiger partial charge on any atom is 0.308 e. The first-order valence-corrected chi connectivity index (χ1v) is 6.37. The van der Waals surface area contributed by atoms with Gasteiger partial charge in [0.05, 0.1) is 26.2 Å². The van der Waals surface area contributed by atoms with E-state index in [1.54, 1.807) is 21.0 Å². The molecule has 0 heterocycles. The normalized spacial score (nSPS) is 11.0. The van der Waals surface area contributed by atoms with Gasteiger partial charge in [-0.2, -0.15) is 0 Å². The third-order valence-corrected chi connectivity index (χ3v) is 1.73. The van der Waals surface area contributed by atoms with Crippen LogP contribution < -0.4 is 0 Å². The SMILES string of the molecule is CCOCCC(=O)OCC.COCC(C)OC(C)=O. The van der Waals surface area contributed by atoms with Gasteiger partial charge >= 0.3 is 11.9 Å². The zero-order valence-corrected chi connectivity index (χ0v) is 12.6. The molecule has 1 atom stereocenters. The summed E-state index contributed by atoms with van der Waals surface area (Å²) in [5.41, 5.74) is 0. The third kappa shape index (κ3) is 19.4. The Kier molecular flexibility index (Phi) is 15.8. The van der Waals surface area contributed by atoms with Gasteiger partial charge in [0.25, 0.3) is 0 Å². The van der Waals surface area contributed by atoms with Crippen LogP contribution in [0.15, 0.2) is 0 Å². The van der Waals surface area contributed by atoms with Crippen molar-refractivity contribution < 1.29 is 28.5 Å². The Morgan fingerprint density at radius 1 is 1.16 bits per heavy atom. The molecule has 6 nitrogen and oxygen atoms in total. The molecule has 0 bridgehead atoms. The van der Waals surface area contributed by atoms with Gasteiger partial charge in [-0.25, -0.2) is 0 Å². The molecule has 0 radical (unpaired) electrons.